The molecule has 0 amide bonds. The maximum Gasteiger partial charge on any atom is 0.106 e. The first-order valence-electron chi connectivity index (χ1n) is 7.12. The summed E-state index contributed by atoms with van der Waals surface area (Å²) in [6, 6.07) is 12.7. The molecule has 1 aromatic heterocycles. The standard InChI is InChI=1S/C17H19N3S/c1-3-20(10-13-7-5-4-6-12(13)2)14-8-9-15-17(16(14)18)19-11-21-15/h4-9,11H,3,10,18H2,1-2H3. The van der Waals surface area contributed by atoms with Gasteiger partial charge in [-0.25, -0.2) is 4.98 Å². The number of rotatable bonds is 4. The average Bonchev–Trinajstić information content (AvgIpc) is 2.97. The predicted molar refractivity (Wildman–Crippen MR) is 91.9 cm³/mol. The van der Waals surface area contributed by atoms with Gasteiger partial charge in [0.05, 0.1) is 21.6 Å². The molecule has 3 nitrogen and oxygen atoms in total. The fourth-order valence-corrected chi connectivity index (χ4v) is 3.27. The van der Waals surface area contributed by atoms with Gasteiger partial charge in [-0.05, 0) is 37.1 Å². The van der Waals surface area contributed by atoms with E-state index in [1.165, 1.54) is 11.1 Å². The lowest BCUT2D eigenvalue weighted by Crippen LogP contribution is -2.23. The van der Waals surface area contributed by atoms with Crippen LogP contribution in [-0.4, -0.2) is 11.5 Å². The zero-order chi connectivity index (χ0) is 14.8. The molecule has 108 valence electrons. The third-order valence-electron chi connectivity index (χ3n) is 3.86. The van der Waals surface area contributed by atoms with Gasteiger partial charge in [-0.2, -0.15) is 0 Å². The Labute approximate surface area is 129 Å². The molecule has 0 saturated heterocycles. The first-order valence-corrected chi connectivity index (χ1v) is 7.99. The number of hydrogen-bond acceptors (Lipinski definition) is 4. The van der Waals surface area contributed by atoms with Gasteiger partial charge < -0.3 is 10.6 Å². The summed E-state index contributed by atoms with van der Waals surface area (Å²) in [6.45, 7) is 6.08. The van der Waals surface area contributed by atoms with Gasteiger partial charge in [-0.1, -0.05) is 24.3 Å². The number of anilines is 2. The molecule has 0 aliphatic rings. The van der Waals surface area contributed by atoms with Crippen molar-refractivity contribution in [1.82, 2.24) is 4.98 Å². The Hall–Kier alpha value is -2.07. The Morgan fingerprint density at radius 3 is 2.76 bits per heavy atom. The van der Waals surface area contributed by atoms with Crippen LogP contribution in [0.15, 0.2) is 41.9 Å². The quantitative estimate of drug-likeness (QED) is 0.733. The molecule has 0 fully saturated rings. The van der Waals surface area contributed by atoms with Crippen LogP contribution in [0.2, 0.25) is 0 Å². The van der Waals surface area contributed by atoms with Gasteiger partial charge in [-0.3, -0.25) is 0 Å². The van der Waals surface area contributed by atoms with Crippen LogP contribution >= 0.6 is 11.3 Å². The number of aromatic nitrogens is 1. The number of nitrogen functional groups attached to an aromatic ring is 1. The number of fused-ring (bicyclic) bond motifs is 1. The van der Waals surface area contributed by atoms with Crippen molar-refractivity contribution >= 4 is 32.9 Å². The van der Waals surface area contributed by atoms with E-state index in [1.54, 1.807) is 11.3 Å². The van der Waals surface area contributed by atoms with Crippen molar-refractivity contribution in [3.05, 3.63) is 53.0 Å². The second kappa shape index (κ2) is 5.74. The molecule has 0 aliphatic carbocycles. The summed E-state index contributed by atoms with van der Waals surface area (Å²) in [6.07, 6.45) is 0. The third-order valence-corrected chi connectivity index (χ3v) is 4.66. The van der Waals surface area contributed by atoms with Gasteiger partial charge >= 0.3 is 0 Å². The summed E-state index contributed by atoms with van der Waals surface area (Å²) in [5.74, 6) is 0. The Balaban J connectivity index is 1.98. The minimum Gasteiger partial charge on any atom is -0.395 e. The monoisotopic (exact) mass is 297 g/mol. The summed E-state index contributed by atoms with van der Waals surface area (Å²) in [4.78, 5) is 6.69. The molecule has 0 unspecified atom stereocenters. The molecule has 3 aromatic rings. The van der Waals surface area contributed by atoms with Crippen LogP contribution in [-0.2, 0) is 6.54 Å². The second-order valence-electron chi connectivity index (χ2n) is 5.14. The lowest BCUT2D eigenvalue weighted by atomic mass is 10.1. The maximum atomic E-state index is 6.33. The molecule has 0 atom stereocenters. The van der Waals surface area contributed by atoms with E-state index in [9.17, 15) is 0 Å². The predicted octanol–water partition coefficient (Wildman–Crippen LogP) is 4.21. The molecule has 3 rings (SSSR count). The van der Waals surface area contributed by atoms with Crippen molar-refractivity contribution < 1.29 is 0 Å². The molecule has 21 heavy (non-hydrogen) atoms. The van der Waals surface area contributed by atoms with Gasteiger partial charge in [0.25, 0.3) is 0 Å². The molecular weight excluding hydrogens is 278 g/mol. The molecule has 2 N–H and O–H groups in total. The average molecular weight is 297 g/mol. The fraction of sp³-hybridized carbons (Fsp3) is 0.235. The van der Waals surface area contributed by atoms with E-state index in [0.29, 0.717) is 0 Å². The lowest BCUT2D eigenvalue weighted by molar-refractivity contribution is 0.829. The van der Waals surface area contributed by atoms with Crippen molar-refractivity contribution in [1.29, 1.82) is 0 Å². The fourth-order valence-electron chi connectivity index (χ4n) is 2.58. The summed E-state index contributed by atoms with van der Waals surface area (Å²) >= 11 is 1.63. The zero-order valence-electron chi connectivity index (χ0n) is 12.3. The molecule has 0 aliphatic heterocycles. The highest BCUT2D eigenvalue weighted by atomic mass is 32.1. The van der Waals surface area contributed by atoms with Gasteiger partial charge in [0.15, 0.2) is 0 Å². The topological polar surface area (TPSA) is 42.2 Å². The number of aryl methyl sites for hydroxylation is 1. The van der Waals surface area contributed by atoms with Gasteiger partial charge in [-0.15, -0.1) is 11.3 Å². The highest BCUT2D eigenvalue weighted by Gasteiger charge is 2.13. The summed E-state index contributed by atoms with van der Waals surface area (Å²) in [7, 11) is 0. The highest BCUT2D eigenvalue weighted by Crippen LogP contribution is 2.33. The molecule has 0 spiro atoms. The lowest BCUT2D eigenvalue weighted by Gasteiger charge is -2.25. The Morgan fingerprint density at radius 1 is 1.19 bits per heavy atom. The van der Waals surface area contributed by atoms with Crippen molar-refractivity contribution in [3.8, 4) is 0 Å². The van der Waals surface area contributed by atoms with E-state index in [1.807, 2.05) is 5.51 Å². The molecule has 1 heterocycles. The van der Waals surface area contributed by atoms with E-state index < -0.39 is 0 Å². The number of hydrogen-bond donors (Lipinski definition) is 1. The van der Waals surface area contributed by atoms with Crippen LogP contribution in [0.4, 0.5) is 11.4 Å². The third kappa shape index (κ3) is 2.59. The molecule has 4 heteroatoms. The minimum absolute atomic E-state index is 0.782. The SMILES string of the molecule is CCN(Cc1ccccc1C)c1ccc2scnc2c1N. The molecule has 0 bridgehead atoms. The van der Waals surface area contributed by atoms with Crippen LogP contribution in [0.1, 0.15) is 18.1 Å². The van der Waals surface area contributed by atoms with E-state index in [2.05, 4.69) is 60.1 Å². The van der Waals surface area contributed by atoms with Crippen LogP contribution in [0.25, 0.3) is 10.2 Å². The number of thiazole rings is 1. The Morgan fingerprint density at radius 2 is 2.00 bits per heavy atom. The van der Waals surface area contributed by atoms with E-state index >= 15 is 0 Å². The first-order chi connectivity index (χ1) is 10.2. The summed E-state index contributed by atoms with van der Waals surface area (Å²) in [5.41, 5.74) is 13.6. The van der Waals surface area contributed by atoms with Gasteiger partial charge in [0, 0.05) is 13.1 Å². The highest BCUT2D eigenvalue weighted by molar-refractivity contribution is 7.16. The maximum absolute atomic E-state index is 6.33. The van der Waals surface area contributed by atoms with Gasteiger partial charge in [0.1, 0.15) is 5.52 Å². The van der Waals surface area contributed by atoms with Crippen molar-refractivity contribution in [3.63, 3.8) is 0 Å². The van der Waals surface area contributed by atoms with E-state index in [4.69, 9.17) is 5.73 Å². The van der Waals surface area contributed by atoms with Gasteiger partial charge in [0.2, 0.25) is 0 Å². The van der Waals surface area contributed by atoms with E-state index in [0.717, 1.165) is 34.7 Å². The normalized spacial score (nSPS) is 11.0. The number of nitrogens with zero attached hydrogens (tertiary/aromatic N) is 2. The summed E-state index contributed by atoms with van der Waals surface area (Å²) in [5, 5.41) is 0. The molecular formula is C17H19N3S. The molecule has 0 saturated carbocycles. The largest absolute Gasteiger partial charge is 0.395 e. The van der Waals surface area contributed by atoms with Crippen LogP contribution < -0.4 is 10.6 Å². The van der Waals surface area contributed by atoms with Crippen LogP contribution in [0.3, 0.4) is 0 Å². The van der Waals surface area contributed by atoms with Crippen molar-refractivity contribution in [2.45, 2.75) is 20.4 Å². The molecule has 0 radical (unpaired) electrons. The minimum atomic E-state index is 0.782. The first kappa shape index (κ1) is 13.9. The van der Waals surface area contributed by atoms with Crippen molar-refractivity contribution in [2.24, 2.45) is 0 Å². The van der Waals surface area contributed by atoms with Crippen LogP contribution in [0.5, 0.6) is 0 Å². The number of benzene rings is 2. The van der Waals surface area contributed by atoms with Crippen molar-refractivity contribution in [2.75, 3.05) is 17.2 Å². The summed E-state index contributed by atoms with van der Waals surface area (Å²) < 4.78 is 1.14. The number of nitrogens with two attached hydrogens (primary N) is 1. The molecule has 2 aromatic carbocycles. The Bertz CT molecular complexity index is 764. The smallest absolute Gasteiger partial charge is 0.106 e. The zero-order valence-corrected chi connectivity index (χ0v) is 13.2. The second-order valence-corrected chi connectivity index (χ2v) is 6.02. The Kier molecular flexibility index (Phi) is 3.80. The van der Waals surface area contributed by atoms with E-state index in [-0.39, 0.29) is 0 Å². The van der Waals surface area contributed by atoms with Crippen LogP contribution in [0, 0.1) is 6.92 Å².